The Hall–Kier alpha value is -0.830. The number of allylic oxidation sites excluding steroid dienone is 1. The lowest BCUT2D eigenvalue weighted by atomic mass is 9.70. The predicted molar refractivity (Wildman–Crippen MR) is 72.2 cm³/mol. The highest BCUT2D eigenvalue weighted by Crippen LogP contribution is 2.41. The van der Waals surface area contributed by atoms with Crippen molar-refractivity contribution in [3.05, 3.63) is 11.6 Å². The van der Waals surface area contributed by atoms with E-state index in [9.17, 15) is 9.90 Å². The highest BCUT2D eigenvalue weighted by atomic mass is 16.5. The fraction of sp³-hybridized carbons (Fsp3) is 0.800. The van der Waals surface area contributed by atoms with Crippen LogP contribution in [0.15, 0.2) is 11.6 Å². The van der Waals surface area contributed by atoms with Gasteiger partial charge in [0, 0.05) is 12.7 Å². The van der Waals surface area contributed by atoms with Crippen LogP contribution in [-0.4, -0.2) is 24.3 Å². The molecule has 104 valence electrons. The zero-order valence-corrected chi connectivity index (χ0v) is 11.7. The van der Waals surface area contributed by atoms with Crippen LogP contribution in [0.4, 0.5) is 0 Å². The van der Waals surface area contributed by atoms with E-state index in [1.807, 2.05) is 13.8 Å². The van der Waals surface area contributed by atoms with Gasteiger partial charge in [-0.2, -0.15) is 0 Å². The van der Waals surface area contributed by atoms with Gasteiger partial charge in [-0.05, 0) is 44.9 Å². The minimum absolute atomic E-state index is 0.207. The fourth-order valence-electron chi connectivity index (χ4n) is 2.81. The van der Waals surface area contributed by atoms with E-state index < -0.39 is 0 Å². The maximum absolute atomic E-state index is 11.4. The molecule has 1 fully saturated rings. The highest BCUT2D eigenvalue weighted by Gasteiger charge is 2.31. The molecule has 0 saturated heterocycles. The molecular weight excluding hydrogens is 228 g/mol. The second-order valence-corrected chi connectivity index (χ2v) is 5.67. The number of esters is 1. The van der Waals surface area contributed by atoms with Crippen LogP contribution < -0.4 is 0 Å². The summed E-state index contributed by atoms with van der Waals surface area (Å²) in [6, 6.07) is 0. The number of hydrogen-bond acceptors (Lipinski definition) is 3. The van der Waals surface area contributed by atoms with Crippen molar-refractivity contribution in [1.29, 1.82) is 0 Å². The summed E-state index contributed by atoms with van der Waals surface area (Å²) in [5, 5.41) is 9.19. The van der Waals surface area contributed by atoms with Gasteiger partial charge in [0.15, 0.2) is 0 Å². The third-order valence-electron chi connectivity index (χ3n) is 3.84. The van der Waals surface area contributed by atoms with Crippen molar-refractivity contribution in [2.75, 3.05) is 13.2 Å². The normalized spacial score (nSPS) is 18.2. The van der Waals surface area contributed by atoms with Crippen LogP contribution in [0, 0.1) is 5.41 Å². The Kier molecular flexibility index (Phi) is 6.41. The second kappa shape index (κ2) is 7.57. The van der Waals surface area contributed by atoms with Crippen LogP contribution >= 0.6 is 0 Å². The quantitative estimate of drug-likeness (QED) is 0.585. The summed E-state index contributed by atoms with van der Waals surface area (Å²) in [5.74, 6) is -0.245. The van der Waals surface area contributed by atoms with E-state index in [0.717, 1.165) is 31.3 Å². The molecule has 0 bridgehead atoms. The third kappa shape index (κ3) is 5.21. The third-order valence-corrected chi connectivity index (χ3v) is 3.84. The molecule has 0 aromatic heterocycles. The zero-order valence-electron chi connectivity index (χ0n) is 11.7. The monoisotopic (exact) mass is 254 g/mol. The van der Waals surface area contributed by atoms with E-state index in [1.165, 1.54) is 25.3 Å². The summed E-state index contributed by atoms with van der Waals surface area (Å²) in [6.45, 7) is 4.48. The number of aliphatic hydroxyl groups excluding tert-OH is 1. The van der Waals surface area contributed by atoms with Crippen LogP contribution in [-0.2, 0) is 9.53 Å². The minimum Gasteiger partial charge on any atom is -0.463 e. The van der Waals surface area contributed by atoms with Crippen LogP contribution in [0.2, 0.25) is 0 Å². The molecule has 0 aromatic rings. The Morgan fingerprint density at radius 1 is 1.22 bits per heavy atom. The lowest BCUT2D eigenvalue weighted by Gasteiger charge is -2.36. The van der Waals surface area contributed by atoms with Gasteiger partial charge in [0.25, 0.3) is 0 Å². The first kappa shape index (κ1) is 15.2. The molecule has 0 aliphatic heterocycles. The molecule has 1 aliphatic rings. The van der Waals surface area contributed by atoms with Gasteiger partial charge >= 0.3 is 5.97 Å². The zero-order chi connectivity index (χ0) is 13.4. The van der Waals surface area contributed by atoms with E-state index in [2.05, 4.69) is 0 Å². The fourth-order valence-corrected chi connectivity index (χ4v) is 2.81. The van der Waals surface area contributed by atoms with Crippen molar-refractivity contribution in [3.8, 4) is 0 Å². The maximum Gasteiger partial charge on any atom is 0.330 e. The number of carbonyl (C=O) groups excluding carboxylic acids is 1. The van der Waals surface area contributed by atoms with Gasteiger partial charge in [-0.3, -0.25) is 0 Å². The van der Waals surface area contributed by atoms with E-state index in [1.54, 1.807) is 0 Å². The van der Waals surface area contributed by atoms with Crippen molar-refractivity contribution >= 4 is 5.97 Å². The Morgan fingerprint density at radius 3 is 2.44 bits per heavy atom. The second-order valence-electron chi connectivity index (χ2n) is 5.67. The van der Waals surface area contributed by atoms with Gasteiger partial charge in [0.05, 0.1) is 6.61 Å². The Morgan fingerprint density at radius 2 is 1.89 bits per heavy atom. The highest BCUT2D eigenvalue weighted by molar-refractivity contribution is 5.82. The molecule has 18 heavy (non-hydrogen) atoms. The molecule has 1 N–H and O–H groups in total. The Labute approximate surface area is 110 Å². The van der Waals surface area contributed by atoms with E-state index >= 15 is 0 Å². The number of carbonyl (C=O) groups is 1. The van der Waals surface area contributed by atoms with Crippen molar-refractivity contribution in [3.63, 3.8) is 0 Å². The van der Waals surface area contributed by atoms with Gasteiger partial charge in [-0.25, -0.2) is 4.79 Å². The van der Waals surface area contributed by atoms with Crippen molar-refractivity contribution in [2.24, 2.45) is 5.41 Å². The summed E-state index contributed by atoms with van der Waals surface area (Å²) in [6.07, 6.45) is 9.35. The molecule has 0 aromatic carbocycles. The molecule has 0 spiro atoms. The predicted octanol–water partition coefficient (Wildman–Crippen LogP) is 3.22. The summed E-state index contributed by atoms with van der Waals surface area (Å²) in [5.41, 5.74) is 1.17. The number of rotatable bonds is 6. The van der Waals surface area contributed by atoms with Crippen molar-refractivity contribution < 1.29 is 14.6 Å². The summed E-state index contributed by atoms with van der Waals surface area (Å²) >= 11 is 0. The van der Waals surface area contributed by atoms with Gasteiger partial charge in [-0.1, -0.05) is 24.8 Å². The molecule has 0 unspecified atom stereocenters. The number of hydrogen-bond donors (Lipinski definition) is 1. The molecule has 3 heteroatoms. The molecular formula is C15H26O3. The molecule has 0 radical (unpaired) electrons. The average molecular weight is 254 g/mol. The molecule has 0 amide bonds. The number of ether oxygens (including phenoxy) is 1. The van der Waals surface area contributed by atoms with Gasteiger partial charge < -0.3 is 9.84 Å². The van der Waals surface area contributed by atoms with Gasteiger partial charge in [-0.15, -0.1) is 0 Å². The van der Waals surface area contributed by atoms with E-state index in [0.29, 0.717) is 6.61 Å². The summed E-state index contributed by atoms with van der Waals surface area (Å²) in [4.78, 5) is 11.4. The topological polar surface area (TPSA) is 46.5 Å². The van der Waals surface area contributed by atoms with Crippen LogP contribution in [0.1, 0.15) is 58.8 Å². The van der Waals surface area contributed by atoms with Crippen LogP contribution in [0.5, 0.6) is 0 Å². The van der Waals surface area contributed by atoms with Gasteiger partial charge in [0.1, 0.15) is 0 Å². The molecule has 1 rings (SSSR count). The maximum atomic E-state index is 11.4. The first-order valence-electron chi connectivity index (χ1n) is 7.00. The minimum atomic E-state index is -0.245. The molecule has 3 nitrogen and oxygen atoms in total. The Balaban J connectivity index is 2.38. The lowest BCUT2D eigenvalue weighted by Crippen LogP contribution is -2.27. The van der Waals surface area contributed by atoms with Crippen LogP contribution in [0.25, 0.3) is 0 Å². The summed E-state index contributed by atoms with van der Waals surface area (Å²) in [7, 11) is 0. The van der Waals surface area contributed by atoms with E-state index in [4.69, 9.17) is 4.74 Å². The molecule has 1 aliphatic carbocycles. The van der Waals surface area contributed by atoms with Crippen molar-refractivity contribution in [2.45, 2.75) is 58.8 Å². The SMILES string of the molecule is CC(C)=CC(=O)OCCC1(CCO)CCCCC1. The molecule has 0 atom stereocenters. The average Bonchev–Trinajstić information content (AvgIpc) is 2.29. The number of aliphatic hydroxyl groups is 1. The lowest BCUT2D eigenvalue weighted by molar-refractivity contribution is -0.138. The van der Waals surface area contributed by atoms with Crippen LogP contribution in [0.3, 0.4) is 0 Å². The largest absolute Gasteiger partial charge is 0.463 e. The molecule has 1 saturated carbocycles. The Bertz CT molecular complexity index is 279. The first-order chi connectivity index (χ1) is 8.58. The van der Waals surface area contributed by atoms with Gasteiger partial charge in [0.2, 0.25) is 0 Å². The summed E-state index contributed by atoms with van der Waals surface area (Å²) < 4.78 is 5.23. The molecule has 0 heterocycles. The smallest absolute Gasteiger partial charge is 0.330 e. The standard InChI is InChI=1S/C15H26O3/c1-13(2)12-14(17)18-11-9-15(8-10-16)6-4-3-5-7-15/h12,16H,3-11H2,1-2H3. The first-order valence-corrected chi connectivity index (χ1v) is 7.00. The van der Waals surface area contributed by atoms with E-state index in [-0.39, 0.29) is 18.0 Å². The van der Waals surface area contributed by atoms with Crippen molar-refractivity contribution in [1.82, 2.24) is 0 Å².